The van der Waals surface area contributed by atoms with Gasteiger partial charge < -0.3 is 25.2 Å². The zero-order chi connectivity index (χ0) is 19.4. The average molecular weight is 381 g/mol. The van der Waals surface area contributed by atoms with Crippen LogP contribution in [0.2, 0.25) is 0 Å². The molecule has 7 nitrogen and oxygen atoms in total. The number of piperidine rings is 2. The van der Waals surface area contributed by atoms with E-state index in [0.29, 0.717) is 43.4 Å². The summed E-state index contributed by atoms with van der Waals surface area (Å²) in [6.07, 6.45) is 7.34. The van der Waals surface area contributed by atoms with Gasteiger partial charge in [-0.2, -0.15) is 0 Å². The van der Waals surface area contributed by atoms with Crippen molar-refractivity contribution in [3.05, 3.63) is 0 Å². The molecule has 3 amide bonds. The highest BCUT2D eigenvalue weighted by Gasteiger charge is 2.43. The molecule has 0 aromatic heterocycles. The Labute approximate surface area is 163 Å². The quantitative estimate of drug-likeness (QED) is 0.719. The average Bonchev–Trinajstić information content (AvgIpc) is 2.89. The normalized spacial score (nSPS) is 33.1. The minimum absolute atomic E-state index is 0.0636. The molecule has 3 rings (SSSR count). The monoisotopic (exact) mass is 380 g/mol. The summed E-state index contributed by atoms with van der Waals surface area (Å²) in [5.41, 5.74) is 0. The van der Waals surface area contributed by atoms with E-state index in [9.17, 15) is 9.59 Å². The van der Waals surface area contributed by atoms with Crippen LogP contribution in [-0.4, -0.2) is 71.8 Å². The topological polar surface area (TPSA) is 73.9 Å². The highest BCUT2D eigenvalue weighted by atomic mass is 16.6. The fourth-order valence-corrected chi connectivity index (χ4v) is 5.20. The second-order valence-corrected chi connectivity index (χ2v) is 8.38. The molecule has 3 aliphatic rings. The molecule has 0 saturated carbocycles. The van der Waals surface area contributed by atoms with Crippen LogP contribution in [0.1, 0.15) is 65.7 Å². The molecule has 3 aliphatic heterocycles. The second-order valence-electron chi connectivity index (χ2n) is 8.38. The van der Waals surface area contributed by atoms with Crippen LogP contribution in [0.3, 0.4) is 0 Å². The third kappa shape index (κ3) is 4.68. The first kappa shape index (κ1) is 20.2. The number of hydrogen-bond donors (Lipinski definition) is 2. The Bertz CT molecular complexity index is 505. The Balaban J connectivity index is 1.38. The van der Waals surface area contributed by atoms with Crippen LogP contribution in [0.5, 0.6) is 0 Å². The van der Waals surface area contributed by atoms with E-state index in [2.05, 4.69) is 24.5 Å². The van der Waals surface area contributed by atoms with Gasteiger partial charge in [0.15, 0.2) is 0 Å². The van der Waals surface area contributed by atoms with Crippen LogP contribution in [0.25, 0.3) is 0 Å². The Morgan fingerprint density at radius 2 is 1.59 bits per heavy atom. The van der Waals surface area contributed by atoms with Crippen molar-refractivity contribution in [3.63, 3.8) is 0 Å². The Morgan fingerprint density at radius 3 is 2.19 bits per heavy atom. The van der Waals surface area contributed by atoms with Gasteiger partial charge in [-0.1, -0.05) is 0 Å². The maximum absolute atomic E-state index is 12.5. The van der Waals surface area contributed by atoms with Gasteiger partial charge in [-0.25, -0.2) is 9.59 Å². The minimum atomic E-state index is -0.152. The Hall–Kier alpha value is -1.50. The molecule has 0 aromatic carbocycles. The molecule has 154 valence electrons. The van der Waals surface area contributed by atoms with Gasteiger partial charge in [-0.05, 0) is 65.7 Å². The van der Waals surface area contributed by atoms with E-state index in [1.807, 2.05) is 16.7 Å². The van der Waals surface area contributed by atoms with Crippen LogP contribution in [-0.2, 0) is 4.74 Å². The molecule has 3 fully saturated rings. The van der Waals surface area contributed by atoms with E-state index < -0.39 is 0 Å². The molecule has 27 heavy (non-hydrogen) atoms. The van der Waals surface area contributed by atoms with E-state index >= 15 is 0 Å². The molecule has 0 spiro atoms. The maximum Gasteiger partial charge on any atom is 0.410 e. The van der Waals surface area contributed by atoms with Crippen molar-refractivity contribution in [2.75, 3.05) is 19.7 Å². The molecular formula is C20H36N4O3. The van der Waals surface area contributed by atoms with Gasteiger partial charge in [0.2, 0.25) is 0 Å². The van der Waals surface area contributed by atoms with E-state index in [1.54, 1.807) is 0 Å². The molecule has 2 bridgehead atoms. The van der Waals surface area contributed by atoms with E-state index in [4.69, 9.17) is 4.74 Å². The largest absolute Gasteiger partial charge is 0.450 e. The smallest absolute Gasteiger partial charge is 0.410 e. The summed E-state index contributed by atoms with van der Waals surface area (Å²) in [5, 5.41) is 6.66. The summed E-state index contributed by atoms with van der Waals surface area (Å²) in [4.78, 5) is 28.6. The van der Waals surface area contributed by atoms with Crippen molar-refractivity contribution >= 4 is 12.1 Å². The second kappa shape index (κ2) is 9.13. The number of rotatable bonds is 5. The van der Waals surface area contributed by atoms with Gasteiger partial charge in [0.05, 0.1) is 6.61 Å². The molecule has 0 aliphatic carbocycles. The summed E-state index contributed by atoms with van der Waals surface area (Å²) in [5.74, 6) is 0. The zero-order valence-corrected chi connectivity index (χ0v) is 17.1. The van der Waals surface area contributed by atoms with Crippen molar-refractivity contribution in [2.45, 2.75) is 95.9 Å². The van der Waals surface area contributed by atoms with Crippen LogP contribution < -0.4 is 10.6 Å². The molecule has 2 N–H and O–H groups in total. The lowest BCUT2D eigenvalue weighted by Gasteiger charge is -2.39. The molecule has 4 atom stereocenters. The molecule has 2 unspecified atom stereocenters. The number of carbonyl (C=O) groups is 2. The molecule has 0 aromatic rings. The number of hydrogen-bond acceptors (Lipinski definition) is 4. The van der Waals surface area contributed by atoms with Crippen molar-refractivity contribution in [1.82, 2.24) is 20.4 Å². The lowest BCUT2D eigenvalue weighted by Crippen LogP contribution is -2.54. The first-order chi connectivity index (χ1) is 13.0. The zero-order valence-electron chi connectivity index (χ0n) is 17.1. The number of nitrogens with one attached hydrogen (secondary N) is 2. The summed E-state index contributed by atoms with van der Waals surface area (Å²) < 4.78 is 5.21. The lowest BCUT2D eigenvalue weighted by atomic mass is 9.98. The minimum Gasteiger partial charge on any atom is -0.450 e. The van der Waals surface area contributed by atoms with Crippen LogP contribution >= 0.6 is 0 Å². The predicted molar refractivity (Wildman–Crippen MR) is 105 cm³/mol. The van der Waals surface area contributed by atoms with E-state index in [0.717, 1.165) is 45.1 Å². The molecule has 3 saturated heterocycles. The number of carbonyl (C=O) groups excluding carboxylic acids is 2. The molecule has 7 heteroatoms. The lowest BCUT2D eigenvalue weighted by molar-refractivity contribution is 0.0660. The van der Waals surface area contributed by atoms with Gasteiger partial charge in [0, 0.05) is 43.3 Å². The SMILES string of the molecule is CCOC(=O)N1C2CCC1CC(NCCNC(=O)N1[C@H](C)CCC[C@@H]1C)C2. The van der Waals surface area contributed by atoms with Crippen LogP contribution in [0, 0.1) is 0 Å². The number of nitrogens with zero attached hydrogens (tertiary/aromatic N) is 2. The highest BCUT2D eigenvalue weighted by Crippen LogP contribution is 2.36. The molecule has 3 heterocycles. The number of ether oxygens (including phenoxy) is 1. The number of fused-ring (bicyclic) bond motifs is 2. The Kier molecular flexibility index (Phi) is 6.84. The van der Waals surface area contributed by atoms with Crippen molar-refractivity contribution < 1.29 is 14.3 Å². The molecular weight excluding hydrogens is 344 g/mol. The maximum atomic E-state index is 12.5. The number of likely N-dealkylation sites (tertiary alicyclic amines) is 1. The Morgan fingerprint density at radius 1 is 0.963 bits per heavy atom. The first-order valence-corrected chi connectivity index (χ1v) is 10.8. The standard InChI is InChI=1S/C20H36N4O3/c1-4-27-20(26)24-17-8-9-18(24)13-16(12-17)21-10-11-22-19(25)23-14(2)6-5-7-15(23)3/h14-18,21H,4-13H2,1-3H3,(H,22,25)/t14-,15+,16?,17?,18?. The highest BCUT2D eigenvalue weighted by molar-refractivity contribution is 5.75. The molecule has 0 radical (unpaired) electrons. The number of amides is 3. The number of urea groups is 1. The third-order valence-corrected chi connectivity index (χ3v) is 6.47. The van der Waals surface area contributed by atoms with Gasteiger partial charge in [0.1, 0.15) is 0 Å². The van der Waals surface area contributed by atoms with Gasteiger partial charge in [-0.3, -0.25) is 0 Å². The predicted octanol–water partition coefficient (Wildman–Crippen LogP) is 2.70. The summed E-state index contributed by atoms with van der Waals surface area (Å²) in [7, 11) is 0. The summed E-state index contributed by atoms with van der Waals surface area (Å²) in [6.45, 7) is 7.98. The van der Waals surface area contributed by atoms with Gasteiger partial charge >= 0.3 is 12.1 Å². The van der Waals surface area contributed by atoms with Crippen LogP contribution in [0.4, 0.5) is 9.59 Å². The van der Waals surface area contributed by atoms with Crippen molar-refractivity contribution in [3.8, 4) is 0 Å². The van der Waals surface area contributed by atoms with Crippen molar-refractivity contribution in [2.24, 2.45) is 0 Å². The third-order valence-electron chi connectivity index (χ3n) is 6.47. The summed E-state index contributed by atoms with van der Waals surface area (Å²) >= 11 is 0. The van der Waals surface area contributed by atoms with Crippen molar-refractivity contribution in [1.29, 1.82) is 0 Å². The van der Waals surface area contributed by atoms with E-state index in [1.165, 1.54) is 6.42 Å². The van der Waals surface area contributed by atoms with Gasteiger partial charge in [-0.15, -0.1) is 0 Å². The fourth-order valence-electron chi connectivity index (χ4n) is 5.20. The first-order valence-electron chi connectivity index (χ1n) is 10.8. The van der Waals surface area contributed by atoms with E-state index in [-0.39, 0.29) is 12.1 Å². The summed E-state index contributed by atoms with van der Waals surface area (Å²) in [6, 6.07) is 1.72. The van der Waals surface area contributed by atoms with Crippen LogP contribution in [0.15, 0.2) is 0 Å². The van der Waals surface area contributed by atoms with Gasteiger partial charge in [0.25, 0.3) is 0 Å². The fraction of sp³-hybridized carbons (Fsp3) is 0.900.